The minimum Gasteiger partial charge on any atom is -1.00 e. The molecule has 5 aromatic rings. The molecule has 0 spiro atoms. The molecular formula is C29H31Cl2N9. The van der Waals surface area contributed by atoms with Crippen molar-refractivity contribution in [1.29, 1.82) is 0 Å². The second-order valence-electron chi connectivity index (χ2n) is 8.97. The molecule has 206 valence electrons. The van der Waals surface area contributed by atoms with Crippen LogP contribution in [0.4, 0.5) is 34.5 Å². The molecule has 0 fully saturated rings. The third-order valence-corrected chi connectivity index (χ3v) is 6.23. The van der Waals surface area contributed by atoms with E-state index in [-0.39, 0.29) is 24.8 Å². The van der Waals surface area contributed by atoms with E-state index in [1.54, 1.807) is 0 Å². The van der Waals surface area contributed by atoms with Crippen molar-refractivity contribution < 1.29 is 33.9 Å². The number of aromatic nitrogens is 3. The Bertz CT molecular complexity index is 1590. The lowest BCUT2D eigenvalue weighted by Crippen LogP contribution is -3.00. The number of pyridine rings is 1. The largest absolute Gasteiger partial charge is 1.00 e. The fourth-order valence-electron chi connectivity index (χ4n) is 4.12. The number of hydrogen-bond acceptors (Lipinski definition) is 6. The first-order valence-corrected chi connectivity index (χ1v) is 12.5. The summed E-state index contributed by atoms with van der Waals surface area (Å²) in [6.07, 6.45) is 5.85. The maximum Gasteiger partial charge on any atom is 0.421 e. The summed E-state index contributed by atoms with van der Waals surface area (Å²) in [6.45, 7) is 1.52. The highest BCUT2D eigenvalue weighted by atomic mass is 35.5. The average molecular weight is 577 g/mol. The van der Waals surface area contributed by atoms with Crippen molar-refractivity contribution in [2.75, 3.05) is 23.7 Å². The molecular weight excluding hydrogens is 545 g/mol. The van der Waals surface area contributed by atoms with Crippen LogP contribution in [-0.2, 0) is 21.1 Å². The average Bonchev–Trinajstić information content (AvgIpc) is 3.27. The molecule has 0 unspecified atom stereocenters. The number of anilines is 2. The fraction of sp³-hybridized carbons (Fsp3) is 0.172. The SMILES string of the molecule is Cn1cc[n+](C)c1N=Nc1ccc(NCCNc2ccc(N=Nc3cccc[n+]3C)c3ccccc23)cc1.[Cl-].[Cl-]. The molecule has 0 saturated heterocycles. The van der Waals surface area contributed by atoms with Crippen LogP contribution < -0.4 is 44.6 Å². The topological polar surface area (TPSA) is 86.2 Å². The Hall–Kier alpha value is -4.34. The van der Waals surface area contributed by atoms with Gasteiger partial charge in [-0.05, 0) is 47.6 Å². The minimum atomic E-state index is 0. The van der Waals surface area contributed by atoms with Gasteiger partial charge in [0.1, 0.15) is 11.4 Å². The molecule has 5 rings (SSSR count). The number of hydrogen-bond donors (Lipinski definition) is 2. The molecule has 40 heavy (non-hydrogen) atoms. The van der Waals surface area contributed by atoms with Gasteiger partial charge < -0.3 is 35.4 Å². The van der Waals surface area contributed by atoms with Crippen molar-refractivity contribution in [1.82, 2.24) is 4.57 Å². The van der Waals surface area contributed by atoms with Gasteiger partial charge >= 0.3 is 11.8 Å². The summed E-state index contributed by atoms with van der Waals surface area (Å²) < 4.78 is 5.80. The number of fused-ring (bicyclic) bond motifs is 1. The zero-order valence-corrected chi connectivity index (χ0v) is 24.1. The second-order valence-corrected chi connectivity index (χ2v) is 8.97. The van der Waals surface area contributed by atoms with E-state index in [4.69, 9.17) is 0 Å². The quantitative estimate of drug-likeness (QED) is 0.149. The normalized spacial score (nSPS) is 11.0. The van der Waals surface area contributed by atoms with E-state index in [1.165, 1.54) is 0 Å². The van der Waals surface area contributed by atoms with Crippen molar-refractivity contribution in [2.45, 2.75) is 0 Å². The molecule has 0 bridgehead atoms. The van der Waals surface area contributed by atoms with Crippen molar-refractivity contribution in [3.05, 3.63) is 97.5 Å². The highest BCUT2D eigenvalue weighted by molar-refractivity contribution is 6.00. The van der Waals surface area contributed by atoms with Gasteiger partial charge in [0.05, 0.1) is 44.8 Å². The number of imidazole rings is 1. The van der Waals surface area contributed by atoms with E-state index in [2.05, 4.69) is 49.3 Å². The van der Waals surface area contributed by atoms with Gasteiger partial charge in [-0.2, -0.15) is 0 Å². The fourth-order valence-corrected chi connectivity index (χ4v) is 4.12. The Balaban J connectivity index is 0.00000220. The number of nitrogens with zero attached hydrogens (tertiary/aromatic N) is 7. The van der Waals surface area contributed by atoms with Crippen LogP contribution in [-0.4, -0.2) is 17.7 Å². The lowest BCUT2D eigenvalue weighted by atomic mass is 10.1. The van der Waals surface area contributed by atoms with Crippen LogP contribution in [0.2, 0.25) is 0 Å². The molecule has 0 radical (unpaired) electrons. The van der Waals surface area contributed by atoms with Gasteiger partial charge in [0.15, 0.2) is 0 Å². The molecule has 11 heteroatoms. The van der Waals surface area contributed by atoms with E-state index < -0.39 is 0 Å². The molecule has 9 nitrogen and oxygen atoms in total. The van der Waals surface area contributed by atoms with Crippen LogP contribution in [0.15, 0.2) is 118 Å². The van der Waals surface area contributed by atoms with E-state index in [1.807, 2.05) is 114 Å². The van der Waals surface area contributed by atoms with Crippen LogP contribution in [0.1, 0.15) is 0 Å². The van der Waals surface area contributed by atoms with Crippen molar-refractivity contribution >= 4 is 45.3 Å². The number of halogens is 2. The van der Waals surface area contributed by atoms with E-state index in [0.717, 1.165) is 58.4 Å². The van der Waals surface area contributed by atoms with Gasteiger partial charge in [-0.1, -0.05) is 35.4 Å². The van der Waals surface area contributed by atoms with E-state index in [0.29, 0.717) is 0 Å². The Labute approximate surface area is 246 Å². The van der Waals surface area contributed by atoms with Crippen LogP contribution in [0.5, 0.6) is 0 Å². The number of benzene rings is 3. The Morgan fingerprint density at radius 2 is 1.40 bits per heavy atom. The van der Waals surface area contributed by atoms with Gasteiger partial charge in [-0.15, -0.1) is 0 Å². The van der Waals surface area contributed by atoms with Crippen molar-refractivity contribution in [3.63, 3.8) is 0 Å². The monoisotopic (exact) mass is 575 g/mol. The third kappa shape index (κ3) is 7.19. The molecule has 0 atom stereocenters. The van der Waals surface area contributed by atoms with Crippen LogP contribution in [0.3, 0.4) is 0 Å². The molecule has 0 saturated carbocycles. The standard InChI is InChI=1S/C29H29N9.2ClH/c1-36-19-7-6-10-28(36)34-33-27-16-15-26(24-8-4-5-9-25(24)27)31-18-17-30-22-11-13-23(14-12-22)32-35-29-37(2)20-21-38(29)3;;/h4-16,19-21H,17-18H2,1-3H3;2*1H. The highest BCUT2D eigenvalue weighted by Gasteiger charge is 2.11. The summed E-state index contributed by atoms with van der Waals surface area (Å²) in [5.41, 5.74) is 3.74. The summed E-state index contributed by atoms with van der Waals surface area (Å²) in [6, 6.07) is 26.1. The number of aryl methyl sites for hydroxylation is 3. The van der Waals surface area contributed by atoms with Gasteiger partial charge in [0.25, 0.3) is 0 Å². The zero-order chi connectivity index (χ0) is 26.3. The first-order chi connectivity index (χ1) is 18.6. The van der Waals surface area contributed by atoms with Crippen LogP contribution in [0.25, 0.3) is 10.8 Å². The summed E-state index contributed by atoms with van der Waals surface area (Å²) in [5, 5.41) is 26.8. The number of rotatable bonds is 9. The molecule has 0 aliphatic heterocycles. The first kappa shape index (κ1) is 30.2. The smallest absolute Gasteiger partial charge is 0.421 e. The predicted molar refractivity (Wildman–Crippen MR) is 150 cm³/mol. The van der Waals surface area contributed by atoms with Crippen molar-refractivity contribution in [2.24, 2.45) is 41.6 Å². The Kier molecular flexibility index (Phi) is 10.7. The first-order valence-electron chi connectivity index (χ1n) is 12.5. The number of azo groups is 2. The zero-order valence-electron chi connectivity index (χ0n) is 22.5. The molecule has 0 aliphatic carbocycles. The Morgan fingerprint density at radius 1 is 0.675 bits per heavy atom. The highest BCUT2D eigenvalue weighted by Crippen LogP contribution is 2.32. The summed E-state index contributed by atoms with van der Waals surface area (Å²) in [5.74, 6) is 1.58. The van der Waals surface area contributed by atoms with Gasteiger partial charge in [0.2, 0.25) is 0 Å². The number of nitrogens with one attached hydrogen (secondary N) is 2. The summed E-state index contributed by atoms with van der Waals surface area (Å²) >= 11 is 0. The van der Waals surface area contributed by atoms with Gasteiger partial charge in [-0.3, -0.25) is 0 Å². The molecule has 0 amide bonds. The maximum atomic E-state index is 4.53. The molecule has 2 aromatic heterocycles. The van der Waals surface area contributed by atoms with Crippen molar-refractivity contribution in [3.8, 4) is 0 Å². The van der Waals surface area contributed by atoms with Gasteiger partial charge in [0, 0.05) is 46.4 Å². The lowest BCUT2D eigenvalue weighted by molar-refractivity contribution is -0.658. The Morgan fingerprint density at radius 3 is 2.12 bits per heavy atom. The van der Waals surface area contributed by atoms with Crippen LogP contribution in [0, 0.1) is 0 Å². The summed E-state index contributed by atoms with van der Waals surface area (Å²) in [4.78, 5) is 0. The molecule has 2 N–H and O–H groups in total. The lowest BCUT2D eigenvalue weighted by Gasteiger charge is -2.12. The van der Waals surface area contributed by atoms with Crippen LogP contribution >= 0.6 is 0 Å². The van der Waals surface area contributed by atoms with E-state index in [9.17, 15) is 0 Å². The summed E-state index contributed by atoms with van der Waals surface area (Å²) in [7, 11) is 5.85. The maximum absolute atomic E-state index is 4.53. The third-order valence-electron chi connectivity index (χ3n) is 6.23. The molecule has 2 heterocycles. The van der Waals surface area contributed by atoms with E-state index >= 15 is 0 Å². The predicted octanol–water partition coefficient (Wildman–Crippen LogP) is 0.190. The second kappa shape index (κ2) is 14.2. The minimum absolute atomic E-state index is 0. The molecule has 0 aliphatic rings. The van der Waals surface area contributed by atoms with Gasteiger partial charge in [-0.25, -0.2) is 13.7 Å². The molecule has 3 aromatic carbocycles.